The van der Waals surface area contributed by atoms with Crippen LogP contribution in [0.5, 0.6) is 0 Å². The lowest BCUT2D eigenvalue weighted by atomic mass is 10.1. The predicted octanol–water partition coefficient (Wildman–Crippen LogP) is 2.13. The summed E-state index contributed by atoms with van der Waals surface area (Å²) < 4.78 is 6.93. The number of furan rings is 1. The standard InChI is InChI=1S/C20H24N4O3/c25-17(21-9-6-12-23-10-4-1-5-11-23)13-24-14-22-18-15-7-2-3-8-16(15)27-19(18)20(24)26/h2-3,7-8,14H,1,4-6,9-13H2,(H,21,25). The highest BCUT2D eigenvalue weighted by atomic mass is 16.3. The van der Waals surface area contributed by atoms with Crippen LogP contribution in [0, 0.1) is 0 Å². The van der Waals surface area contributed by atoms with Crippen LogP contribution in [0.25, 0.3) is 22.1 Å². The highest BCUT2D eigenvalue weighted by Gasteiger charge is 2.14. The molecule has 4 rings (SSSR count). The van der Waals surface area contributed by atoms with Crippen molar-refractivity contribution in [3.63, 3.8) is 0 Å². The molecule has 1 fully saturated rings. The van der Waals surface area contributed by atoms with Crippen LogP contribution in [0.3, 0.4) is 0 Å². The van der Waals surface area contributed by atoms with Gasteiger partial charge in [-0.3, -0.25) is 14.2 Å². The van der Waals surface area contributed by atoms with E-state index in [1.807, 2.05) is 18.2 Å². The number of likely N-dealkylation sites (tertiary alicyclic amines) is 1. The summed E-state index contributed by atoms with van der Waals surface area (Å²) in [5.74, 6) is -0.187. The average Bonchev–Trinajstić information content (AvgIpc) is 3.08. The summed E-state index contributed by atoms with van der Waals surface area (Å²) in [6, 6.07) is 7.39. The molecule has 3 aromatic rings. The van der Waals surface area contributed by atoms with Crippen LogP contribution >= 0.6 is 0 Å². The molecule has 142 valence electrons. The highest BCUT2D eigenvalue weighted by Crippen LogP contribution is 2.23. The molecule has 0 unspecified atom stereocenters. The number of rotatable bonds is 6. The lowest BCUT2D eigenvalue weighted by Gasteiger charge is -2.26. The molecule has 1 aliphatic rings. The van der Waals surface area contributed by atoms with Gasteiger partial charge < -0.3 is 14.6 Å². The summed E-state index contributed by atoms with van der Waals surface area (Å²) in [5.41, 5.74) is 1.02. The average molecular weight is 368 g/mol. The third-order valence-corrected chi connectivity index (χ3v) is 5.09. The molecule has 0 radical (unpaired) electrons. The molecule has 3 heterocycles. The molecular formula is C20H24N4O3. The van der Waals surface area contributed by atoms with Crippen molar-refractivity contribution in [3.8, 4) is 0 Å². The van der Waals surface area contributed by atoms with Gasteiger partial charge in [-0.25, -0.2) is 4.98 Å². The molecule has 0 aliphatic carbocycles. The maximum Gasteiger partial charge on any atom is 0.297 e. The van der Waals surface area contributed by atoms with Gasteiger partial charge in [-0.05, 0) is 51.0 Å². The monoisotopic (exact) mass is 368 g/mol. The Balaban J connectivity index is 1.36. The van der Waals surface area contributed by atoms with E-state index in [0.717, 1.165) is 31.4 Å². The Kier molecular flexibility index (Phi) is 5.20. The van der Waals surface area contributed by atoms with Crippen molar-refractivity contribution in [3.05, 3.63) is 40.9 Å². The van der Waals surface area contributed by atoms with Crippen LogP contribution in [-0.4, -0.2) is 46.5 Å². The molecule has 1 saturated heterocycles. The molecule has 7 heteroatoms. The number of carbonyl (C=O) groups excluding carboxylic acids is 1. The highest BCUT2D eigenvalue weighted by molar-refractivity contribution is 6.01. The van der Waals surface area contributed by atoms with Gasteiger partial charge in [0.05, 0.1) is 6.33 Å². The molecule has 1 amide bonds. The van der Waals surface area contributed by atoms with Gasteiger partial charge in [0.25, 0.3) is 5.56 Å². The van der Waals surface area contributed by atoms with Crippen molar-refractivity contribution in [2.45, 2.75) is 32.2 Å². The zero-order chi connectivity index (χ0) is 18.6. The Bertz CT molecular complexity index is 1000. The summed E-state index contributed by atoms with van der Waals surface area (Å²) in [5, 5.41) is 3.69. The van der Waals surface area contributed by atoms with Crippen molar-refractivity contribution in [1.29, 1.82) is 0 Å². The van der Waals surface area contributed by atoms with E-state index in [9.17, 15) is 9.59 Å². The van der Waals surface area contributed by atoms with Crippen molar-refractivity contribution in [2.24, 2.45) is 0 Å². The lowest BCUT2D eigenvalue weighted by Crippen LogP contribution is -2.35. The van der Waals surface area contributed by atoms with E-state index in [2.05, 4.69) is 15.2 Å². The summed E-state index contributed by atoms with van der Waals surface area (Å²) in [6.07, 6.45) is 6.20. The number of para-hydroxylation sites is 1. The quantitative estimate of drug-likeness (QED) is 0.674. The molecule has 0 atom stereocenters. The maximum atomic E-state index is 12.6. The van der Waals surface area contributed by atoms with Crippen LogP contribution in [0.15, 0.2) is 39.8 Å². The number of benzene rings is 1. The van der Waals surface area contributed by atoms with Crippen LogP contribution < -0.4 is 10.9 Å². The van der Waals surface area contributed by atoms with E-state index >= 15 is 0 Å². The Morgan fingerprint density at radius 1 is 1.19 bits per heavy atom. The van der Waals surface area contributed by atoms with E-state index in [0.29, 0.717) is 17.6 Å². The van der Waals surface area contributed by atoms with Gasteiger partial charge in [-0.15, -0.1) is 0 Å². The number of fused-ring (bicyclic) bond motifs is 3. The summed E-state index contributed by atoms with van der Waals surface area (Å²) in [4.78, 5) is 31.6. The SMILES string of the molecule is O=C(Cn1cnc2c(oc3ccccc32)c1=O)NCCCN1CCCCC1. The predicted molar refractivity (Wildman–Crippen MR) is 104 cm³/mol. The molecule has 0 bridgehead atoms. The van der Waals surface area contributed by atoms with Gasteiger partial charge >= 0.3 is 0 Å². The van der Waals surface area contributed by atoms with Gasteiger partial charge in [0.2, 0.25) is 11.5 Å². The third-order valence-electron chi connectivity index (χ3n) is 5.09. The van der Waals surface area contributed by atoms with Gasteiger partial charge in [-0.2, -0.15) is 0 Å². The Labute approximate surface area is 157 Å². The number of nitrogens with one attached hydrogen (secondary N) is 1. The molecule has 7 nitrogen and oxygen atoms in total. The molecule has 2 aromatic heterocycles. The molecule has 0 saturated carbocycles. The first-order chi connectivity index (χ1) is 13.2. The number of hydrogen-bond donors (Lipinski definition) is 1. The van der Waals surface area contributed by atoms with Crippen LogP contribution in [0.4, 0.5) is 0 Å². The number of amides is 1. The maximum absolute atomic E-state index is 12.6. The first kappa shape index (κ1) is 17.7. The Morgan fingerprint density at radius 3 is 2.85 bits per heavy atom. The van der Waals surface area contributed by atoms with Crippen molar-refractivity contribution < 1.29 is 9.21 Å². The summed E-state index contributed by atoms with van der Waals surface area (Å²) in [6.45, 7) is 3.89. The van der Waals surface area contributed by atoms with Gasteiger partial charge in [-0.1, -0.05) is 18.6 Å². The molecule has 0 spiro atoms. The lowest BCUT2D eigenvalue weighted by molar-refractivity contribution is -0.121. The van der Waals surface area contributed by atoms with Crippen LogP contribution in [-0.2, 0) is 11.3 Å². The normalized spacial score (nSPS) is 15.4. The largest absolute Gasteiger partial charge is 0.448 e. The fraction of sp³-hybridized carbons (Fsp3) is 0.450. The van der Waals surface area contributed by atoms with Crippen LogP contribution in [0.2, 0.25) is 0 Å². The second-order valence-electron chi connectivity index (χ2n) is 7.06. The van der Waals surface area contributed by atoms with Crippen molar-refractivity contribution in [2.75, 3.05) is 26.2 Å². The first-order valence-electron chi connectivity index (χ1n) is 9.58. The minimum Gasteiger partial charge on any atom is -0.448 e. The van der Waals surface area contributed by atoms with Gasteiger partial charge in [0.15, 0.2) is 0 Å². The molecular weight excluding hydrogens is 344 g/mol. The zero-order valence-corrected chi connectivity index (χ0v) is 15.3. The van der Waals surface area contributed by atoms with E-state index in [1.54, 1.807) is 6.07 Å². The number of carbonyl (C=O) groups is 1. The second kappa shape index (κ2) is 7.92. The smallest absolute Gasteiger partial charge is 0.297 e. The topological polar surface area (TPSA) is 80.4 Å². The molecule has 1 aliphatic heterocycles. The minimum atomic E-state index is -0.334. The van der Waals surface area contributed by atoms with E-state index < -0.39 is 0 Å². The second-order valence-corrected chi connectivity index (χ2v) is 7.06. The first-order valence-corrected chi connectivity index (χ1v) is 9.58. The minimum absolute atomic E-state index is 0.0530. The number of aromatic nitrogens is 2. The van der Waals surface area contributed by atoms with Crippen molar-refractivity contribution in [1.82, 2.24) is 19.8 Å². The van der Waals surface area contributed by atoms with Gasteiger partial charge in [0, 0.05) is 11.9 Å². The summed E-state index contributed by atoms with van der Waals surface area (Å²) in [7, 11) is 0. The fourth-order valence-corrected chi connectivity index (χ4v) is 3.65. The number of nitrogens with zero attached hydrogens (tertiary/aromatic N) is 3. The Hall–Kier alpha value is -2.67. The Morgan fingerprint density at radius 2 is 2.00 bits per heavy atom. The number of piperidine rings is 1. The van der Waals surface area contributed by atoms with Gasteiger partial charge in [0.1, 0.15) is 17.6 Å². The van der Waals surface area contributed by atoms with E-state index in [-0.39, 0.29) is 23.6 Å². The number of hydrogen-bond acceptors (Lipinski definition) is 5. The molecule has 27 heavy (non-hydrogen) atoms. The molecule has 1 aromatic carbocycles. The van der Waals surface area contributed by atoms with Crippen LogP contribution in [0.1, 0.15) is 25.7 Å². The third kappa shape index (κ3) is 3.88. The van der Waals surface area contributed by atoms with E-state index in [4.69, 9.17) is 4.42 Å². The summed E-state index contributed by atoms with van der Waals surface area (Å²) >= 11 is 0. The zero-order valence-electron chi connectivity index (χ0n) is 15.3. The van der Waals surface area contributed by atoms with Crippen molar-refractivity contribution >= 4 is 28.0 Å². The van der Waals surface area contributed by atoms with E-state index in [1.165, 1.54) is 30.2 Å². The fourth-order valence-electron chi connectivity index (χ4n) is 3.65. The molecule has 1 N–H and O–H groups in total.